The first kappa shape index (κ1) is 91.0. The Balaban J connectivity index is 0.000000182. The maximum atomic E-state index is 13.3. The number of benzene rings is 9. The van der Waals surface area contributed by atoms with Gasteiger partial charge in [-0.05, 0) is 214 Å². The first-order valence-electron chi connectivity index (χ1n) is 34.9. The summed E-state index contributed by atoms with van der Waals surface area (Å²) in [5, 5.41) is 57.5. The molecule has 35 heteroatoms. The smallest absolute Gasteiger partial charge is 0.416 e. The van der Waals surface area contributed by atoms with E-state index in [4.69, 9.17) is 25.8 Å². The molecule has 120 heavy (non-hydrogen) atoms. The minimum atomic E-state index is -4.69. The second kappa shape index (κ2) is 38.6. The third-order valence-electron chi connectivity index (χ3n) is 17.9. The molecule has 12 rings (SSSR count). The molecule has 3 heterocycles. The van der Waals surface area contributed by atoms with Crippen molar-refractivity contribution in [2.45, 2.75) is 67.0 Å². The van der Waals surface area contributed by atoms with Crippen LogP contribution in [-0.4, -0.2) is 124 Å². The second-order valence-electron chi connectivity index (χ2n) is 25.9. The highest BCUT2D eigenvalue weighted by atomic mass is 35.5. The van der Waals surface area contributed by atoms with Crippen molar-refractivity contribution in [3.8, 4) is 73.5 Å². The Morgan fingerprint density at radius 1 is 0.433 bits per heavy atom. The van der Waals surface area contributed by atoms with E-state index in [1.807, 2.05) is 36.6 Å². The molecule has 0 aliphatic rings. The summed E-state index contributed by atoms with van der Waals surface area (Å²) in [6, 6.07) is 55.8. The van der Waals surface area contributed by atoms with Gasteiger partial charge >= 0.3 is 30.1 Å². The summed E-state index contributed by atoms with van der Waals surface area (Å²) < 4.78 is 185. The number of carbonyl (C=O) groups is 4. The van der Waals surface area contributed by atoms with Gasteiger partial charge in [0.05, 0.1) is 117 Å². The van der Waals surface area contributed by atoms with Gasteiger partial charge < -0.3 is 34.6 Å². The molecule has 0 unspecified atom stereocenters. The van der Waals surface area contributed by atoms with Crippen LogP contribution in [0.1, 0.15) is 92.9 Å². The van der Waals surface area contributed by atoms with Crippen LogP contribution in [-0.2, 0) is 84.8 Å². The molecule has 0 aliphatic heterocycles. The number of hydrogen-bond acceptors (Lipinski definition) is 22. The highest BCUT2D eigenvalue weighted by Gasteiger charge is 2.34. The Labute approximate surface area is 696 Å². The summed E-state index contributed by atoms with van der Waals surface area (Å²) in [5.41, 5.74) is 3.96. The minimum Gasteiger partial charge on any atom is -0.495 e. The molecule has 0 saturated carbocycles. The Morgan fingerprint density at radius 3 is 1.22 bits per heavy atom. The van der Waals surface area contributed by atoms with Gasteiger partial charge in [0.25, 0.3) is 0 Å². The van der Waals surface area contributed by atoms with Crippen LogP contribution >= 0.6 is 22.9 Å². The quantitative estimate of drug-likeness (QED) is 0.0413. The van der Waals surface area contributed by atoms with Crippen molar-refractivity contribution in [3.63, 3.8) is 0 Å². The third kappa shape index (κ3) is 22.7. The molecule has 25 nitrogen and oxygen atoms in total. The zero-order chi connectivity index (χ0) is 87.8. The van der Waals surface area contributed by atoms with Crippen molar-refractivity contribution < 1.29 is 109 Å². The van der Waals surface area contributed by atoms with E-state index in [-0.39, 0.29) is 81.5 Å². The molecule has 0 bridgehead atoms. The normalized spacial score (nSPS) is 11.5. The molecule has 0 spiro atoms. The lowest BCUT2D eigenvalue weighted by Crippen LogP contribution is -2.11. The average Bonchev–Trinajstić information content (AvgIpc) is 1.31. The number of hydrogen-bond donors (Lipinski definition) is 4. The molecule has 3 aromatic heterocycles. The Bertz CT molecular complexity index is 6630. The summed E-state index contributed by atoms with van der Waals surface area (Å²) in [7, 11) is -16.0. The molecule has 4 N–H and O–H groups in total. The van der Waals surface area contributed by atoms with Gasteiger partial charge in [-0.15, -0.1) is 11.3 Å². The van der Waals surface area contributed by atoms with Gasteiger partial charge in [-0.1, -0.05) is 79.2 Å². The number of aromatic nitrogens is 2. The maximum Gasteiger partial charge on any atom is 0.416 e. The number of rotatable bonds is 25. The predicted molar refractivity (Wildman–Crippen MR) is 440 cm³/mol. The number of nitriles is 2. The highest BCUT2D eigenvalue weighted by Crippen LogP contribution is 2.40. The molecule has 0 fully saturated rings. The molecule has 9 aromatic carbocycles. The van der Waals surface area contributed by atoms with Crippen LogP contribution in [0.25, 0.3) is 44.1 Å². The van der Waals surface area contributed by atoms with Gasteiger partial charge in [-0.3, -0.25) is 9.97 Å². The number of methoxy groups -OCH3 is 3. The van der Waals surface area contributed by atoms with E-state index < -0.39 is 107 Å². The van der Waals surface area contributed by atoms with Crippen LogP contribution in [0, 0.1) is 22.7 Å². The van der Waals surface area contributed by atoms with Crippen LogP contribution in [0.3, 0.4) is 0 Å². The summed E-state index contributed by atoms with van der Waals surface area (Å²) in [5.74, 6) is -7.31. The van der Waals surface area contributed by atoms with Crippen molar-refractivity contribution in [3.05, 3.63) is 308 Å². The lowest BCUT2D eigenvalue weighted by molar-refractivity contribution is -0.137. The average molecular weight is 1770 g/mol. The summed E-state index contributed by atoms with van der Waals surface area (Å²) in [6.45, 7) is 1.82. The van der Waals surface area contributed by atoms with Gasteiger partial charge in [0.1, 0.15) is 31.9 Å². The fourth-order valence-corrected chi connectivity index (χ4v) is 20.2. The van der Waals surface area contributed by atoms with Gasteiger partial charge in [0, 0.05) is 39.7 Å². The van der Waals surface area contributed by atoms with Crippen molar-refractivity contribution >= 4 is 96.0 Å². The molecular formula is C85H68ClF3N4O21S6. The van der Waals surface area contributed by atoms with E-state index in [0.29, 0.717) is 67.3 Å². The maximum absolute atomic E-state index is 13.3. The van der Waals surface area contributed by atoms with E-state index in [9.17, 15) is 105 Å². The van der Waals surface area contributed by atoms with Crippen molar-refractivity contribution in [2.75, 3.05) is 27.6 Å². The van der Waals surface area contributed by atoms with Crippen molar-refractivity contribution in [2.24, 2.45) is 0 Å². The van der Waals surface area contributed by atoms with Crippen molar-refractivity contribution in [1.82, 2.24) is 9.97 Å². The van der Waals surface area contributed by atoms with Crippen LogP contribution in [0.5, 0.6) is 17.2 Å². The lowest BCUT2D eigenvalue weighted by atomic mass is 9.98. The Morgan fingerprint density at radius 2 is 0.833 bits per heavy atom. The third-order valence-corrected chi connectivity index (χ3v) is 26.9. The molecule has 0 radical (unpaired) electrons. The van der Waals surface area contributed by atoms with Crippen LogP contribution in [0.15, 0.2) is 261 Å². The standard InChI is InChI=1S/C22H16ClF3O5S.C21H16N2O5S.C21H19NO7S2.C21H17NO4S2/c1-31-19-8-5-14(21(27)28)11-20(19)32(29,30)12-15-9-16(22(24,25)26)6-7-18(15)13-3-2-4-17(23)10-13;1-28-19-8-6-15(21(24)25)11-20(19)29(26,27)13-16-10-14(12-22)5-7-17(16)18-4-2-3-9-23-18;1-29-19-9-6-14(21(23)24)12-20(19)31(27,28)13-15-11-16(30(2,25)26)7-8-17(15)18-5-3-4-10-22-18;1-2-15-6-7-16(21(23)24)11-20(15)28(25,26)13-17-10-14(12-22)5-8-18(17)19-4-3-9-27-19/h2-11H,12H2,1H3,(H,27,28);2-11H,13H2,1H3,(H,24,25);3-12H,13H2,1-2H3,(H,23,24);3-11H,2,13H2,1H3,(H,23,24). The number of halogens is 4. The van der Waals surface area contributed by atoms with E-state index in [1.165, 1.54) is 124 Å². The summed E-state index contributed by atoms with van der Waals surface area (Å²) >= 11 is 7.48. The number of sulfone groups is 5. The van der Waals surface area contributed by atoms with Gasteiger partial charge in [0.2, 0.25) is 0 Å². The number of alkyl halides is 3. The van der Waals surface area contributed by atoms with Crippen molar-refractivity contribution in [1.29, 1.82) is 10.5 Å². The summed E-state index contributed by atoms with van der Waals surface area (Å²) in [6.07, 6.45) is -0.0696. The van der Waals surface area contributed by atoms with E-state index in [2.05, 4.69) is 9.97 Å². The van der Waals surface area contributed by atoms with Crippen LogP contribution in [0.2, 0.25) is 5.02 Å². The lowest BCUT2D eigenvalue weighted by Gasteiger charge is -2.16. The molecular weight excluding hydrogens is 1700 g/mol. The first-order chi connectivity index (χ1) is 56.6. The first-order valence-corrected chi connectivity index (χ1v) is 44.6. The van der Waals surface area contributed by atoms with Crippen LogP contribution in [0.4, 0.5) is 13.2 Å². The second-order valence-corrected chi connectivity index (χ2v) is 37.1. The zero-order valence-corrected chi connectivity index (χ0v) is 69.2. The molecule has 0 saturated heterocycles. The number of ether oxygens (including phenoxy) is 3. The van der Waals surface area contributed by atoms with E-state index >= 15 is 0 Å². The zero-order valence-electron chi connectivity index (χ0n) is 63.5. The molecule has 618 valence electrons. The SMILES string of the molecule is CCc1ccc(C(=O)O)cc1S(=O)(=O)Cc1cc(C#N)ccc1-c1cccs1.COc1ccc(C(=O)O)cc1S(=O)(=O)Cc1cc(C#N)ccc1-c1ccccn1.COc1ccc(C(=O)O)cc1S(=O)(=O)Cc1cc(C(F)(F)F)ccc1-c1cccc(Cl)c1.COc1ccc(C(=O)O)cc1S(=O)(=O)Cc1cc(S(C)(=O)=O)ccc1-c1ccccn1. The monoisotopic (exact) mass is 1760 g/mol. The fourth-order valence-electron chi connectivity index (χ4n) is 12.1. The van der Waals surface area contributed by atoms with E-state index in [0.717, 1.165) is 47.0 Å². The van der Waals surface area contributed by atoms with Gasteiger partial charge in [0.15, 0.2) is 49.2 Å². The van der Waals surface area contributed by atoms with Crippen LogP contribution < -0.4 is 14.2 Å². The van der Waals surface area contributed by atoms with Gasteiger partial charge in [-0.2, -0.15) is 23.7 Å². The molecule has 12 aromatic rings. The molecule has 0 aliphatic carbocycles. The van der Waals surface area contributed by atoms with E-state index in [1.54, 1.807) is 97.2 Å². The number of aromatic carboxylic acids is 4. The topological polar surface area (TPSA) is 421 Å². The number of carboxylic acids is 4. The number of thiophene rings is 1. The van der Waals surface area contributed by atoms with Gasteiger partial charge in [-0.25, -0.2) is 61.3 Å². The molecule has 0 atom stereocenters. The summed E-state index contributed by atoms with van der Waals surface area (Å²) in [4.78, 5) is 53.6. The highest BCUT2D eigenvalue weighted by molar-refractivity contribution is 7.92. The largest absolute Gasteiger partial charge is 0.495 e. The number of aryl methyl sites for hydroxylation is 1. The molecule has 0 amide bonds. The number of nitrogens with zero attached hydrogens (tertiary/aromatic N) is 4. The fraction of sp³-hybridized carbons (Fsp3) is 0.129. The minimum absolute atomic E-state index is 0.0105. The Kier molecular flexibility index (Phi) is 29.3. The number of pyridine rings is 2. The Hall–Kier alpha value is -12.9. The number of carboxylic acid groups (broad SMARTS) is 4. The predicted octanol–water partition coefficient (Wildman–Crippen LogP) is 16.4.